The molecule has 24 heavy (non-hydrogen) atoms. The Morgan fingerprint density at radius 1 is 1.29 bits per heavy atom. The normalized spacial score (nSPS) is 16.5. The Morgan fingerprint density at radius 3 is 2.83 bits per heavy atom. The highest BCUT2D eigenvalue weighted by atomic mass is 16.5. The molecule has 1 aliphatic carbocycles. The lowest BCUT2D eigenvalue weighted by Crippen LogP contribution is -2.25. The molecule has 1 aliphatic rings. The van der Waals surface area contributed by atoms with E-state index in [0.717, 1.165) is 31.4 Å². The minimum Gasteiger partial charge on any atom is -0.507 e. The molecule has 0 saturated heterocycles. The van der Waals surface area contributed by atoms with Crippen LogP contribution in [0.3, 0.4) is 0 Å². The van der Waals surface area contributed by atoms with E-state index in [0.29, 0.717) is 11.4 Å². The average Bonchev–Trinajstić information content (AvgIpc) is 3.35. The summed E-state index contributed by atoms with van der Waals surface area (Å²) in [6, 6.07) is 5.20. The van der Waals surface area contributed by atoms with E-state index >= 15 is 0 Å². The molecule has 0 radical (unpaired) electrons. The average molecular weight is 326 g/mol. The fourth-order valence-electron chi connectivity index (χ4n) is 3.25. The fraction of sp³-hybridized carbons (Fsp3) is 0.353. The second-order valence-corrected chi connectivity index (χ2v) is 6.00. The summed E-state index contributed by atoms with van der Waals surface area (Å²) in [5, 5.41) is 14.3. The molecule has 1 N–H and O–H groups in total. The van der Waals surface area contributed by atoms with Crippen molar-refractivity contribution in [3.05, 3.63) is 42.7 Å². The van der Waals surface area contributed by atoms with Gasteiger partial charge in [0.25, 0.3) is 5.89 Å². The van der Waals surface area contributed by atoms with Gasteiger partial charge >= 0.3 is 0 Å². The van der Waals surface area contributed by atoms with Crippen molar-refractivity contribution in [2.24, 2.45) is 0 Å². The maximum atomic E-state index is 10.2. The molecule has 1 fully saturated rings. The van der Waals surface area contributed by atoms with Gasteiger partial charge < -0.3 is 18.9 Å². The quantitative estimate of drug-likeness (QED) is 0.793. The van der Waals surface area contributed by atoms with Crippen LogP contribution in [0.2, 0.25) is 0 Å². The van der Waals surface area contributed by atoms with Gasteiger partial charge in [0.1, 0.15) is 11.4 Å². The van der Waals surface area contributed by atoms with Gasteiger partial charge in [-0.1, -0.05) is 5.16 Å². The number of hydrogen-bond donors (Lipinski definition) is 1. The predicted octanol–water partition coefficient (Wildman–Crippen LogP) is 3.04. The summed E-state index contributed by atoms with van der Waals surface area (Å²) in [5.74, 6) is 0.921. The second-order valence-electron chi connectivity index (χ2n) is 6.00. The lowest BCUT2D eigenvalue weighted by Gasteiger charge is -2.22. The van der Waals surface area contributed by atoms with Gasteiger partial charge in [-0.2, -0.15) is 4.98 Å². The van der Waals surface area contributed by atoms with Crippen molar-refractivity contribution in [3.8, 4) is 22.9 Å². The summed E-state index contributed by atoms with van der Waals surface area (Å²) in [6.45, 7) is 0. The molecule has 1 aromatic carbocycles. The van der Waals surface area contributed by atoms with Gasteiger partial charge in [0.15, 0.2) is 0 Å². The molecular formula is C17H18N4O3. The van der Waals surface area contributed by atoms with Gasteiger partial charge in [-0.3, -0.25) is 0 Å². The van der Waals surface area contributed by atoms with Crippen LogP contribution in [0, 0.1) is 0 Å². The lowest BCUT2D eigenvalue weighted by atomic mass is 10.0. The number of hydrogen-bond acceptors (Lipinski definition) is 6. The van der Waals surface area contributed by atoms with Crippen molar-refractivity contribution in [3.63, 3.8) is 0 Å². The highest BCUT2D eigenvalue weighted by molar-refractivity contribution is 5.65. The van der Waals surface area contributed by atoms with Gasteiger partial charge in [-0.25, -0.2) is 4.98 Å². The smallest absolute Gasteiger partial charge is 0.261 e. The van der Waals surface area contributed by atoms with Gasteiger partial charge in [-0.05, 0) is 43.9 Å². The molecule has 0 unspecified atom stereocenters. The lowest BCUT2D eigenvalue weighted by molar-refractivity contribution is -0.0178. The molecule has 7 heteroatoms. The third-order valence-corrected chi connectivity index (χ3v) is 4.65. The molecule has 1 saturated carbocycles. The maximum Gasteiger partial charge on any atom is 0.261 e. The topological polar surface area (TPSA) is 86.2 Å². The molecule has 0 spiro atoms. The van der Waals surface area contributed by atoms with Crippen LogP contribution >= 0.6 is 0 Å². The number of ether oxygens (including phenoxy) is 1. The van der Waals surface area contributed by atoms with Crippen molar-refractivity contribution in [2.45, 2.75) is 31.3 Å². The van der Waals surface area contributed by atoms with Crippen molar-refractivity contribution < 1.29 is 14.4 Å². The van der Waals surface area contributed by atoms with Gasteiger partial charge in [0.05, 0.1) is 11.9 Å². The van der Waals surface area contributed by atoms with Crippen LogP contribution in [-0.4, -0.2) is 31.9 Å². The number of phenols is 1. The third-order valence-electron chi connectivity index (χ3n) is 4.65. The minimum atomic E-state index is -0.473. The summed E-state index contributed by atoms with van der Waals surface area (Å²) in [5.41, 5.74) is 0.867. The Kier molecular flexibility index (Phi) is 3.57. The molecule has 0 atom stereocenters. The number of phenolic OH excluding ortho intramolecular Hbond substituents is 1. The largest absolute Gasteiger partial charge is 0.507 e. The first kappa shape index (κ1) is 14.9. The van der Waals surface area contributed by atoms with Crippen LogP contribution in [0.4, 0.5) is 0 Å². The molecule has 7 nitrogen and oxygen atoms in total. The Morgan fingerprint density at radius 2 is 2.12 bits per heavy atom. The number of aromatic nitrogens is 4. The first-order valence-corrected chi connectivity index (χ1v) is 7.93. The van der Waals surface area contributed by atoms with Gasteiger partial charge in [0, 0.05) is 25.2 Å². The van der Waals surface area contributed by atoms with E-state index < -0.39 is 5.60 Å². The minimum absolute atomic E-state index is 0.0898. The number of aromatic hydroxyl groups is 1. The van der Waals surface area contributed by atoms with Gasteiger partial charge in [-0.15, -0.1) is 0 Å². The van der Waals surface area contributed by atoms with Crippen LogP contribution < -0.4 is 0 Å². The van der Waals surface area contributed by atoms with E-state index in [4.69, 9.17) is 9.26 Å². The van der Waals surface area contributed by atoms with E-state index in [2.05, 4.69) is 15.1 Å². The summed E-state index contributed by atoms with van der Waals surface area (Å²) >= 11 is 0. The Balaban J connectivity index is 1.73. The van der Waals surface area contributed by atoms with E-state index in [1.54, 1.807) is 37.8 Å². The molecule has 0 aliphatic heterocycles. The zero-order valence-corrected chi connectivity index (χ0v) is 13.3. The summed E-state index contributed by atoms with van der Waals surface area (Å²) < 4.78 is 12.9. The predicted molar refractivity (Wildman–Crippen MR) is 85.7 cm³/mol. The molecule has 0 amide bonds. The van der Waals surface area contributed by atoms with E-state index in [1.807, 2.05) is 10.8 Å². The van der Waals surface area contributed by atoms with Crippen molar-refractivity contribution in [2.75, 3.05) is 7.11 Å². The molecule has 2 heterocycles. The number of rotatable bonds is 4. The number of methoxy groups -OCH3 is 1. The molecule has 3 aromatic rings. The highest BCUT2D eigenvalue weighted by Crippen LogP contribution is 2.41. The maximum absolute atomic E-state index is 10.2. The second kappa shape index (κ2) is 5.76. The zero-order valence-electron chi connectivity index (χ0n) is 13.3. The summed E-state index contributed by atoms with van der Waals surface area (Å²) in [7, 11) is 1.68. The Hall–Kier alpha value is -2.67. The Labute approximate surface area is 138 Å². The Bertz CT molecular complexity index is 835. The van der Waals surface area contributed by atoms with Crippen LogP contribution in [0.5, 0.6) is 5.75 Å². The van der Waals surface area contributed by atoms with Gasteiger partial charge in [0.2, 0.25) is 5.82 Å². The fourth-order valence-corrected chi connectivity index (χ4v) is 3.25. The van der Waals surface area contributed by atoms with E-state index in [1.165, 1.54) is 0 Å². The van der Waals surface area contributed by atoms with Crippen LogP contribution in [0.15, 0.2) is 41.4 Å². The van der Waals surface area contributed by atoms with Crippen LogP contribution in [0.25, 0.3) is 17.1 Å². The van der Waals surface area contributed by atoms with E-state index in [9.17, 15) is 5.11 Å². The molecule has 0 bridgehead atoms. The van der Waals surface area contributed by atoms with Crippen LogP contribution in [-0.2, 0) is 10.3 Å². The standard InChI is InChI=1S/C17H18N4O3/c1-23-17(6-2-3-7-17)16-19-15(24-20-16)13-10-12(4-5-14(13)22)21-9-8-18-11-21/h4-5,8-11,22H,2-3,6-7H2,1H3. The third kappa shape index (κ3) is 2.37. The number of nitrogens with zero attached hydrogens (tertiary/aromatic N) is 4. The van der Waals surface area contributed by atoms with Crippen molar-refractivity contribution in [1.29, 1.82) is 0 Å². The van der Waals surface area contributed by atoms with Crippen LogP contribution in [0.1, 0.15) is 31.5 Å². The zero-order chi connectivity index (χ0) is 16.6. The molecule has 2 aromatic heterocycles. The SMILES string of the molecule is COC1(c2noc(-c3cc(-n4ccnc4)ccc3O)n2)CCCC1. The first-order valence-electron chi connectivity index (χ1n) is 7.93. The molecule has 4 rings (SSSR count). The van der Waals surface area contributed by atoms with Crippen molar-refractivity contribution in [1.82, 2.24) is 19.7 Å². The first-order chi connectivity index (χ1) is 11.7. The number of imidazole rings is 1. The van der Waals surface area contributed by atoms with Crippen molar-refractivity contribution >= 4 is 0 Å². The molecular weight excluding hydrogens is 308 g/mol. The van der Waals surface area contributed by atoms with E-state index in [-0.39, 0.29) is 11.6 Å². The monoisotopic (exact) mass is 326 g/mol. The molecule has 124 valence electrons. The number of benzene rings is 1. The summed E-state index contributed by atoms with van der Waals surface area (Å²) in [6.07, 6.45) is 9.13. The summed E-state index contributed by atoms with van der Waals surface area (Å²) in [4.78, 5) is 8.53. The highest BCUT2D eigenvalue weighted by Gasteiger charge is 2.40.